The van der Waals surface area contributed by atoms with Gasteiger partial charge in [-0.05, 0) is 32.1 Å². The molecule has 0 rings (SSSR count). The van der Waals surface area contributed by atoms with Gasteiger partial charge in [-0.25, -0.2) is 4.57 Å². The molecule has 0 saturated carbocycles. The summed E-state index contributed by atoms with van der Waals surface area (Å²) >= 11 is 0. The zero-order valence-electron chi connectivity index (χ0n) is 33.1. The summed E-state index contributed by atoms with van der Waals surface area (Å²) in [7, 11) is -4.44. The summed E-state index contributed by atoms with van der Waals surface area (Å²) in [5.74, 6) is 0. The predicted octanol–water partition coefficient (Wildman–Crippen LogP) is 6.30. The van der Waals surface area contributed by atoms with E-state index in [0.29, 0.717) is 119 Å². The average molecular weight is 789 g/mol. The number of unbranched alkanes of at least 4 members (excludes halogenated alkanes) is 12. The Morgan fingerprint density at radius 2 is 0.585 bits per heavy atom. The van der Waals surface area contributed by atoms with Crippen molar-refractivity contribution >= 4 is 7.82 Å². The van der Waals surface area contributed by atoms with E-state index in [1.54, 1.807) is 0 Å². The van der Waals surface area contributed by atoms with E-state index in [2.05, 4.69) is 23.6 Å². The minimum atomic E-state index is -4.44. The van der Waals surface area contributed by atoms with Gasteiger partial charge in [-0.2, -0.15) is 0 Å². The maximum atomic E-state index is 10.5. The Bertz CT molecular complexity index is 758. The fourth-order valence-electron chi connectivity index (χ4n) is 4.75. The van der Waals surface area contributed by atoms with E-state index in [0.717, 1.165) is 13.0 Å². The van der Waals surface area contributed by atoms with Gasteiger partial charge in [0.05, 0.1) is 132 Å². The van der Waals surface area contributed by atoms with Crippen molar-refractivity contribution in [3.05, 3.63) is 12.2 Å². The Morgan fingerprint density at radius 3 is 0.887 bits per heavy atom. The number of ether oxygens (including phenoxy) is 10. The summed E-state index contributed by atoms with van der Waals surface area (Å²) < 4.78 is 69.3. The van der Waals surface area contributed by atoms with Crippen LogP contribution in [0.15, 0.2) is 12.2 Å². The topological polar surface area (TPSA) is 159 Å². The summed E-state index contributed by atoms with van der Waals surface area (Å²) in [5.41, 5.74) is 0. The summed E-state index contributed by atoms with van der Waals surface area (Å²) in [6.07, 6.45) is 23.2. The van der Waals surface area contributed by atoms with Crippen LogP contribution < -0.4 is 0 Å². The molecule has 0 fully saturated rings. The second kappa shape index (κ2) is 45.8. The van der Waals surface area contributed by atoms with Gasteiger partial charge < -0.3 is 57.2 Å². The fourth-order valence-corrected chi connectivity index (χ4v) is 5.06. The van der Waals surface area contributed by atoms with Crippen LogP contribution in [0.2, 0.25) is 0 Å². The van der Waals surface area contributed by atoms with Crippen LogP contribution in [0.5, 0.6) is 0 Å². The third-order valence-electron chi connectivity index (χ3n) is 7.64. The molecule has 0 aromatic carbocycles. The number of phosphoric ester groups is 1. The molecule has 0 aromatic heterocycles. The maximum absolute atomic E-state index is 10.5. The Labute approximate surface area is 321 Å². The van der Waals surface area contributed by atoms with E-state index in [-0.39, 0.29) is 13.2 Å². The molecule has 14 nitrogen and oxygen atoms in total. The molecule has 0 saturated heterocycles. The van der Waals surface area contributed by atoms with E-state index in [1.807, 2.05) is 0 Å². The molecule has 0 amide bonds. The molecule has 0 unspecified atom stereocenters. The molecular weight excluding hydrogens is 711 g/mol. The van der Waals surface area contributed by atoms with E-state index < -0.39 is 7.82 Å². The Hall–Kier alpha value is -0.550. The van der Waals surface area contributed by atoms with Crippen molar-refractivity contribution in [1.29, 1.82) is 0 Å². The third kappa shape index (κ3) is 51.5. The molecule has 0 aromatic rings. The quantitative estimate of drug-likeness (QED) is 0.0402. The normalized spacial score (nSPS) is 12.1. The van der Waals surface area contributed by atoms with Crippen molar-refractivity contribution in [3.63, 3.8) is 0 Å². The van der Waals surface area contributed by atoms with Crippen LogP contribution in [0.25, 0.3) is 0 Å². The van der Waals surface area contributed by atoms with Crippen LogP contribution in [-0.2, 0) is 56.5 Å². The highest BCUT2D eigenvalue weighted by atomic mass is 31.2. The molecule has 318 valence electrons. The van der Waals surface area contributed by atoms with Crippen LogP contribution in [0.4, 0.5) is 0 Å². The van der Waals surface area contributed by atoms with Gasteiger partial charge in [-0.15, -0.1) is 0 Å². The lowest BCUT2D eigenvalue weighted by atomic mass is 10.1. The summed E-state index contributed by atoms with van der Waals surface area (Å²) in [5, 5.41) is 0. The van der Waals surface area contributed by atoms with Gasteiger partial charge >= 0.3 is 7.82 Å². The van der Waals surface area contributed by atoms with Gasteiger partial charge in [-0.1, -0.05) is 76.9 Å². The van der Waals surface area contributed by atoms with Crippen molar-refractivity contribution < 1.29 is 66.2 Å². The molecule has 15 heteroatoms. The average Bonchev–Trinajstić information content (AvgIpc) is 3.14. The van der Waals surface area contributed by atoms with Crippen molar-refractivity contribution in [2.24, 2.45) is 0 Å². The lowest BCUT2D eigenvalue weighted by Gasteiger charge is -2.09. The molecule has 2 N–H and O–H groups in total. The number of rotatable bonds is 47. The zero-order valence-corrected chi connectivity index (χ0v) is 34.0. The Balaban J connectivity index is 3.08. The minimum Gasteiger partial charge on any atom is -0.379 e. The second-order valence-corrected chi connectivity index (χ2v) is 13.6. The summed E-state index contributed by atoms with van der Waals surface area (Å²) in [6.45, 7) is 11.7. The van der Waals surface area contributed by atoms with Gasteiger partial charge in [0, 0.05) is 6.61 Å². The largest absolute Gasteiger partial charge is 0.469 e. The molecule has 0 aliphatic carbocycles. The monoisotopic (exact) mass is 789 g/mol. The molecular formula is C38H77O14P. The first-order valence-corrected chi connectivity index (χ1v) is 21.7. The van der Waals surface area contributed by atoms with Crippen molar-refractivity contribution in [2.45, 2.75) is 96.8 Å². The van der Waals surface area contributed by atoms with Gasteiger partial charge in [-0.3, -0.25) is 4.52 Å². The van der Waals surface area contributed by atoms with Crippen molar-refractivity contribution in [1.82, 2.24) is 0 Å². The first kappa shape index (κ1) is 52.5. The molecule has 0 atom stereocenters. The van der Waals surface area contributed by atoms with Crippen molar-refractivity contribution in [2.75, 3.05) is 139 Å². The number of hydrogen-bond donors (Lipinski definition) is 2. The highest BCUT2D eigenvalue weighted by Gasteiger charge is 2.12. The summed E-state index contributed by atoms with van der Waals surface area (Å²) in [6, 6.07) is 0. The van der Waals surface area contributed by atoms with Crippen LogP contribution >= 0.6 is 7.82 Å². The highest BCUT2D eigenvalue weighted by Crippen LogP contribution is 2.35. The van der Waals surface area contributed by atoms with E-state index in [9.17, 15) is 4.57 Å². The van der Waals surface area contributed by atoms with Crippen molar-refractivity contribution in [3.8, 4) is 0 Å². The molecule has 0 heterocycles. The van der Waals surface area contributed by atoms with Gasteiger partial charge in [0.15, 0.2) is 0 Å². The van der Waals surface area contributed by atoms with Crippen LogP contribution in [-0.4, -0.2) is 149 Å². The lowest BCUT2D eigenvalue weighted by Crippen LogP contribution is -2.15. The highest BCUT2D eigenvalue weighted by molar-refractivity contribution is 7.46. The lowest BCUT2D eigenvalue weighted by molar-refractivity contribution is -0.0268. The van der Waals surface area contributed by atoms with Crippen LogP contribution in [0, 0.1) is 0 Å². The zero-order chi connectivity index (χ0) is 38.4. The standard InChI is InChI=1S/C38H77O14P/c1-2-3-4-5-6-7-8-9-10-11-12-13-14-15-16-17-18-42-19-20-43-21-22-44-23-24-45-25-26-46-27-28-47-29-30-48-31-32-49-33-34-50-35-36-51-37-38-52-53(39,40)41/h9-10H,2-8,11-38H2,1H3,(H2,39,40,41)/b10-9-. The molecule has 0 aliphatic rings. The van der Waals surface area contributed by atoms with Crippen LogP contribution in [0.1, 0.15) is 96.8 Å². The van der Waals surface area contributed by atoms with Crippen LogP contribution in [0.3, 0.4) is 0 Å². The molecule has 0 spiro atoms. The van der Waals surface area contributed by atoms with E-state index >= 15 is 0 Å². The molecule has 0 bridgehead atoms. The maximum Gasteiger partial charge on any atom is 0.469 e. The van der Waals surface area contributed by atoms with Gasteiger partial charge in [0.25, 0.3) is 0 Å². The smallest absolute Gasteiger partial charge is 0.379 e. The predicted molar refractivity (Wildman–Crippen MR) is 206 cm³/mol. The van der Waals surface area contributed by atoms with Gasteiger partial charge in [0.1, 0.15) is 0 Å². The number of allylic oxidation sites excluding steroid dienone is 2. The number of phosphoric acid groups is 1. The van der Waals surface area contributed by atoms with E-state index in [4.69, 9.17) is 57.2 Å². The SMILES string of the molecule is CCCCCCCC/C=C\CCCCCCCCOCCOCCOCCOCCOCCOCCOCCOCCOCCOCCOP(=O)(O)O. The minimum absolute atomic E-state index is 0.0813. The molecule has 0 aliphatic heterocycles. The second-order valence-electron chi connectivity index (χ2n) is 12.4. The molecule has 0 radical (unpaired) electrons. The first-order valence-electron chi connectivity index (χ1n) is 20.2. The summed E-state index contributed by atoms with van der Waals surface area (Å²) in [4.78, 5) is 17.1. The Kier molecular flexibility index (Phi) is 45.4. The fraction of sp³-hybridized carbons (Fsp3) is 0.947. The number of hydrogen-bond acceptors (Lipinski definition) is 12. The Morgan fingerprint density at radius 1 is 0.340 bits per heavy atom. The third-order valence-corrected chi connectivity index (χ3v) is 8.15. The van der Waals surface area contributed by atoms with E-state index in [1.165, 1.54) is 83.5 Å². The molecule has 53 heavy (non-hydrogen) atoms. The van der Waals surface area contributed by atoms with Gasteiger partial charge in [0.2, 0.25) is 0 Å². The first-order chi connectivity index (χ1) is 26.1.